The van der Waals surface area contributed by atoms with Crippen LogP contribution in [0.1, 0.15) is 10.5 Å². The molecule has 0 bridgehead atoms. The molecule has 0 radical (unpaired) electrons. The molecule has 0 aliphatic heterocycles. The maximum Gasteiger partial charge on any atom is 0.271 e. The molecule has 2 heterocycles. The number of halogens is 2. The number of nitrogens with one attached hydrogen (secondary N) is 1. The van der Waals surface area contributed by atoms with E-state index < -0.39 is 11.7 Å². The zero-order chi connectivity index (χ0) is 18.0. The standard InChI is InChI=1S/C14H10ClFN6O3/c1-24-9-4-6(10-11(12(17)23)21-22-20-10)2-3-8(9)25-13-7(16)5-18-14(15)19-13/h2-5H,1H3,(H2,17,23)(H,20,21,22). The van der Waals surface area contributed by atoms with Gasteiger partial charge in [0, 0.05) is 5.56 Å². The fourth-order valence-electron chi connectivity index (χ4n) is 2.01. The van der Waals surface area contributed by atoms with Crippen molar-refractivity contribution in [3.63, 3.8) is 0 Å². The minimum atomic E-state index is -0.789. The number of carbonyl (C=O) groups excluding carboxylic acids is 1. The normalized spacial score (nSPS) is 10.5. The van der Waals surface area contributed by atoms with Crippen LogP contribution in [0, 0.1) is 5.82 Å². The molecular weight excluding hydrogens is 355 g/mol. The summed E-state index contributed by atoms with van der Waals surface area (Å²) >= 11 is 5.63. The van der Waals surface area contributed by atoms with E-state index >= 15 is 0 Å². The Balaban J connectivity index is 1.99. The number of ether oxygens (including phenoxy) is 2. The highest BCUT2D eigenvalue weighted by molar-refractivity contribution is 6.28. The van der Waals surface area contributed by atoms with Crippen LogP contribution in [0.15, 0.2) is 24.4 Å². The molecule has 0 spiro atoms. The van der Waals surface area contributed by atoms with E-state index in [1.807, 2.05) is 0 Å². The fraction of sp³-hybridized carbons (Fsp3) is 0.0714. The number of hydrogen-bond acceptors (Lipinski definition) is 7. The molecule has 1 amide bonds. The molecule has 2 aromatic heterocycles. The molecule has 0 atom stereocenters. The third-order valence-electron chi connectivity index (χ3n) is 3.11. The maximum atomic E-state index is 13.7. The Bertz CT molecular complexity index is 948. The molecule has 3 N–H and O–H groups in total. The summed E-state index contributed by atoms with van der Waals surface area (Å²) < 4.78 is 24.3. The number of primary amides is 1. The summed E-state index contributed by atoms with van der Waals surface area (Å²) in [4.78, 5) is 18.5. The predicted octanol–water partition coefficient (Wildman–Crippen LogP) is 1.95. The molecule has 128 valence electrons. The Hall–Kier alpha value is -3.27. The van der Waals surface area contributed by atoms with Crippen molar-refractivity contribution < 1.29 is 18.7 Å². The van der Waals surface area contributed by atoms with Crippen LogP contribution >= 0.6 is 11.6 Å². The van der Waals surface area contributed by atoms with Crippen LogP contribution in [0.3, 0.4) is 0 Å². The van der Waals surface area contributed by atoms with Crippen LogP contribution in [0.25, 0.3) is 11.3 Å². The molecule has 0 saturated carbocycles. The van der Waals surface area contributed by atoms with E-state index in [0.717, 1.165) is 6.20 Å². The van der Waals surface area contributed by atoms with Gasteiger partial charge in [-0.05, 0) is 29.8 Å². The minimum Gasteiger partial charge on any atom is -0.493 e. The Morgan fingerprint density at radius 1 is 1.32 bits per heavy atom. The highest BCUT2D eigenvalue weighted by atomic mass is 35.5. The molecule has 9 nitrogen and oxygen atoms in total. The van der Waals surface area contributed by atoms with Gasteiger partial charge in [-0.25, -0.2) is 4.98 Å². The second kappa shape index (κ2) is 6.69. The van der Waals surface area contributed by atoms with Crippen LogP contribution in [-0.2, 0) is 0 Å². The summed E-state index contributed by atoms with van der Waals surface area (Å²) in [5.74, 6) is -1.47. The van der Waals surface area contributed by atoms with Crippen molar-refractivity contribution in [3.05, 3.63) is 41.2 Å². The van der Waals surface area contributed by atoms with E-state index in [0.29, 0.717) is 5.56 Å². The molecule has 11 heteroatoms. The first kappa shape index (κ1) is 16.6. The van der Waals surface area contributed by atoms with Gasteiger partial charge in [-0.1, -0.05) is 0 Å². The van der Waals surface area contributed by atoms with Gasteiger partial charge in [-0.15, -0.1) is 0 Å². The van der Waals surface area contributed by atoms with Crippen LogP contribution < -0.4 is 15.2 Å². The van der Waals surface area contributed by atoms with Crippen molar-refractivity contribution in [3.8, 4) is 28.6 Å². The lowest BCUT2D eigenvalue weighted by atomic mass is 10.1. The fourth-order valence-corrected chi connectivity index (χ4v) is 2.14. The predicted molar refractivity (Wildman–Crippen MR) is 84.0 cm³/mol. The molecule has 0 fully saturated rings. The summed E-state index contributed by atoms with van der Waals surface area (Å²) in [6, 6.07) is 4.59. The van der Waals surface area contributed by atoms with Gasteiger partial charge >= 0.3 is 0 Å². The van der Waals surface area contributed by atoms with Crippen molar-refractivity contribution in [2.45, 2.75) is 0 Å². The smallest absolute Gasteiger partial charge is 0.271 e. The lowest BCUT2D eigenvalue weighted by Gasteiger charge is -2.11. The minimum absolute atomic E-state index is 0.0238. The van der Waals surface area contributed by atoms with E-state index in [-0.39, 0.29) is 34.1 Å². The van der Waals surface area contributed by atoms with Gasteiger partial charge in [0.15, 0.2) is 17.2 Å². The number of nitrogens with two attached hydrogens (primary N) is 1. The summed E-state index contributed by atoms with van der Waals surface area (Å²) in [6.45, 7) is 0. The number of aromatic nitrogens is 5. The number of aromatic amines is 1. The lowest BCUT2D eigenvalue weighted by Crippen LogP contribution is -2.12. The third-order valence-corrected chi connectivity index (χ3v) is 3.29. The SMILES string of the molecule is COc1cc(-c2n[nH]nc2C(N)=O)ccc1Oc1nc(Cl)ncc1F. The zero-order valence-electron chi connectivity index (χ0n) is 12.7. The molecule has 0 aliphatic rings. The first-order valence-electron chi connectivity index (χ1n) is 6.74. The van der Waals surface area contributed by atoms with Gasteiger partial charge in [-0.3, -0.25) is 4.79 Å². The van der Waals surface area contributed by atoms with Crippen molar-refractivity contribution in [2.24, 2.45) is 5.73 Å². The summed E-state index contributed by atoms with van der Waals surface area (Å²) in [5, 5.41) is 9.75. The highest BCUT2D eigenvalue weighted by Gasteiger charge is 2.18. The number of amides is 1. The number of benzene rings is 1. The Morgan fingerprint density at radius 3 is 2.84 bits per heavy atom. The maximum absolute atomic E-state index is 13.7. The van der Waals surface area contributed by atoms with Gasteiger partial charge in [0.05, 0.1) is 13.3 Å². The van der Waals surface area contributed by atoms with Crippen molar-refractivity contribution in [2.75, 3.05) is 7.11 Å². The molecule has 3 rings (SSSR count). The summed E-state index contributed by atoms with van der Waals surface area (Å²) in [5.41, 5.74) is 5.96. The molecule has 0 aliphatic carbocycles. The molecule has 1 aromatic carbocycles. The van der Waals surface area contributed by atoms with Gasteiger partial charge in [0.2, 0.25) is 11.1 Å². The lowest BCUT2D eigenvalue weighted by molar-refractivity contribution is 0.0996. The largest absolute Gasteiger partial charge is 0.493 e. The average molecular weight is 365 g/mol. The number of hydrogen-bond donors (Lipinski definition) is 2. The van der Waals surface area contributed by atoms with Crippen molar-refractivity contribution in [1.82, 2.24) is 25.4 Å². The average Bonchev–Trinajstić information content (AvgIpc) is 3.08. The Kier molecular flexibility index (Phi) is 4.44. The van der Waals surface area contributed by atoms with Crippen LogP contribution in [0.5, 0.6) is 17.4 Å². The van der Waals surface area contributed by atoms with Crippen LogP contribution in [0.4, 0.5) is 4.39 Å². The first-order chi connectivity index (χ1) is 12.0. The third kappa shape index (κ3) is 3.33. The second-order valence-electron chi connectivity index (χ2n) is 4.64. The summed E-state index contributed by atoms with van der Waals surface area (Å²) in [7, 11) is 1.40. The van der Waals surface area contributed by atoms with Gasteiger partial charge < -0.3 is 15.2 Å². The van der Waals surface area contributed by atoms with Crippen molar-refractivity contribution >= 4 is 17.5 Å². The van der Waals surface area contributed by atoms with Crippen molar-refractivity contribution in [1.29, 1.82) is 0 Å². The number of H-pyrrole nitrogens is 1. The number of nitrogens with zero attached hydrogens (tertiary/aromatic N) is 4. The van der Waals surface area contributed by atoms with E-state index in [9.17, 15) is 9.18 Å². The van der Waals surface area contributed by atoms with Crippen LogP contribution in [0.2, 0.25) is 5.28 Å². The topological polar surface area (TPSA) is 129 Å². The first-order valence-corrected chi connectivity index (χ1v) is 7.12. The number of methoxy groups -OCH3 is 1. The van der Waals surface area contributed by atoms with Gasteiger partial charge in [0.1, 0.15) is 5.69 Å². The number of carbonyl (C=O) groups is 1. The molecule has 0 unspecified atom stereocenters. The zero-order valence-corrected chi connectivity index (χ0v) is 13.4. The molecular formula is C14H10ClFN6O3. The van der Waals surface area contributed by atoms with E-state index in [1.165, 1.54) is 19.2 Å². The highest BCUT2D eigenvalue weighted by Crippen LogP contribution is 2.35. The van der Waals surface area contributed by atoms with Gasteiger partial charge in [0.25, 0.3) is 11.8 Å². The second-order valence-corrected chi connectivity index (χ2v) is 4.98. The quantitative estimate of drug-likeness (QED) is 0.662. The van der Waals surface area contributed by atoms with E-state index in [4.69, 9.17) is 26.8 Å². The van der Waals surface area contributed by atoms with Crippen LogP contribution in [-0.4, -0.2) is 38.4 Å². The molecule has 25 heavy (non-hydrogen) atoms. The number of rotatable bonds is 5. The van der Waals surface area contributed by atoms with E-state index in [1.54, 1.807) is 6.07 Å². The molecule has 0 saturated heterocycles. The Labute approximate surface area is 144 Å². The van der Waals surface area contributed by atoms with E-state index in [2.05, 4.69) is 25.4 Å². The molecule has 3 aromatic rings. The van der Waals surface area contributed by atoms with Gasteiger partial charge in [-0.2, -0.15) is 24.8 Å². The summed E-state index contributed by atoms with van der Waals surface area (Å²) in [6.07, 6.45) is 0.889. The Morgan fingerprint density at radius 2 is 2.12 bits per heavy atom. The monoisotopic (exact) mass is 364 g/mol.